The highest BCUT2D eigenvalue weighted by atomic mass is 79.9. The Kier molecular flexibility index (Phi) is 4.86. The lowest BCUT2D eigenvalue weighted by Crippen LogP contribution is -2.13. The number of rotatable bonds is 4. The number of hydrogen-bond acceptors (Lipinski definition) is 3. The van der Waals surface area contributed by atoms with Gasteiger partial charge in [0, 0.05) is 15.8 Å². The molecule has 1 aromatic heterocycles. The van der Waals surface area contributed by atoms with Gasteiger partial charge in [0.2, 0.25) is 0 Å². The molecule has 0 saturated carbocycles. The van der Waals surface area contributed by atoms with Crippen molar-refractivity contribution in [3.05, 3.63) is 82.8 Å². The van der Waals surface area contributed by atoms with Crippen LogP contribution in [0.15, 0.2) is 71.3 Å². The Morgan fingerprint density at radius 1 is 0.875 bits per heavy atom. The van der Waals surface area contributed by atoms with Crippen molar-refractivity contribution in [1.29, 1.82) is 0 Å². The molecule has 0 aliphatic carbocycles. The van der Waals surface area contributed by atoms with E-state index in [4.69, 9.17) is 0 Å². The summed E-state index contributed by atoms with van der Waals surface area (Å²) in [4.78, 5) is 16.3. The van der Waals surface area contributed by atoms with E-state index in [2.05, 4.69) is 31.5 Å². The fourth-order valence-corrected chi connectivity index (χ4v) is 2.29. The van der Waals surface area contributed by atoms with E-state index in [1.807, 2.05) is 12.1 Å². The Labute approximate surface area is 146 Å². The number of carbonyl (C=O) groups is 1. The summed E-state index contributed by atoms with van der Waals surface area (Å²) >= 11 is 3.34. The minimum absolute atomic E-state index is 0.286. The zero-order chi connectivity index (χ0) is 16.9. The molecule has 0 fully saturated rings. The average molecular weight is 386 g/mol. The van der Waals surface area contributed by atoms with E-state index < -0.39 is 0 Å². The summed E-state index contributed by atoms with van der Waals surface area (Å²) in [6, 6.07) is 16.7. The molecular formula is C18H13BrFN3O. The number of pyridine rings is 1. The number of amides is 1. The van der Waals surface area contributed by atoms with Gasteiger partial charge in [-0.2, -0.15) is 0 Å². The van der Waals surface area contributed by atoms with Crippen LogP contribution in [0.1, 0.15) is 10.5 Å². The first-order valence-electron chi connectivity index (χ1n) is 7.16. The zero-order valence-corrected chi connectivity index (χ0v) is 14.0. The van der Waals surface area contributed by atoms with Crippen LogP contribution in [-0.2, 0) is 0 Å². The lowest BCUT2D eigenvalue weighted by molar-refractivity contribution is 0.102. The topological polar surface area (TPSA) is 54.0 Å². The van der Waals surface area contributed by atoms with Crippen LogP contribution in [0.4, 0.5) is 21.5 Å². The summed E-state index contributed by atoms with van der Waals surface area (Å²) in [5.74, 6) is -0.579. The number of nitrogens with zero attached hydrogens (tertiary/aromatic N) is 1. The van der Waals surface area contributed by atoms with Gasteiger partial charge in [0.1, 0.15) is 11.5 Å². The van der Waals surface area contributed by atoms with Crippen molar-refractivity contribution in [3.8, 4) is 0 Å². The molecule has 3 rings (SSSR count). The van der Waals surface area contributed by atoms with E-state index in [0.29, 0.717) is 17.1 Å². The number of nitrogens with one attached hydrogen (secondary N) is 2. The normalized spacial score (nSPS) is 10.2. The molecule has 2 aromatic carbocycles. The van der Waals surface area contributed by atoms with Gasteiger partial charge in [-0.15, -0.1) is 0 Å². The van der Waals surface area contributed by atoms with Crippen molar-refractivity contribution in [2.45, 2.75) is 0 Å². The third-order valence-corrected chi connectivity index (χ3v) is 3.76. The molecule has 0 aliphatic rings. The van der Waals surface area contributed by atoms with Crippen LogP contribution in [0, 0.1) is 5.82 Å². The number of halogens is 2. The maximum Gasteiger partial charge on any atom is 0.274 e. The summed E-state index contributed by atoms with van der Waals surface area (Å²) < 4.78 is 13.8. The highest BCUT2D eigenvalue weighted by Crippen LogP contribution is 2.17. The maximum atomic E-state index is 12.9. The van der Waals surface area contributed by atoms with Crippen LogP contribution in [0.3, 0.4) is 0 Å². The van der Waals surface area contributed by atoms with Crippen LogP contribution in [0.2, 0.25) is 0 Å². The number of benzene rings is 2. The van der Waals surface area contributed by atoms with Gasteiger partial charge >= 0.3 is 0 Å². The quantitative estimate of drug-likeness (QED) is 0.665. The molecule has 0 aliphatic heterocycles. The Hall–Kier alpha value is -2.73. The van der Waals surface area contributed by atoms with Gasteiger partial charge in [-0.05, 0) is 60.7 Å². The Bertz CT molecular complexity index is 834. The van der Waals surface area contributed by atoms with Crippen LogP contribution in [0.5, 0.6) is 0 Å². The number of anilines is 3. The zero-order valence-electron chi connectivity index (χ0n) is 12.5. The third-order valence-electron chi connectivity index (χ3n) is 3.23. The largest absolute Gasteiger partial charge is 0.354 e. The molecule has 2 N–H and O–H groups in total. The predicted molar refractivity (Wildman–Crippen MR) is 96.0 cm³/mol. The third kappa shape index (κ3) is 4.17. The highest BCUT2D eigenvalue weighted by Gasteiger charge is 2.07. The summed E-state index contributed by atoms with van der Waals surface area (Å²) in [5, 5.41) is 5.86. The summed E-state index contributed by atoms with van der Waals surface area (Å²) in [7, 11) is 0. The molecule has 3 aromatic rings. The van der Waals surface area contributed by atoms with Gasteiger partial charge in [0.05, 0.1) is 11.9 Å². The molecule has 1 heterocycles. The van der Waals surface area contributed by atoms with E-state index in [1.54, 1.807) is 42.6 Å². The fraction of sp³-hybridized carbons (Fsp3) is 0. The lowest BCUT2D eigenvalue weighted by Gasteiger charge is -2.08. The molecule has 0 bridgehead atoms. The smallest absolute Gasteiger partial charge is 0.274 e. The highest BCUT2D eigenvalue weighted by molar-refractivity contribution is 9.10. The van der Waals surface area contributed by atoms with Crippen LogP contribution in [0.25, 0.3) is 0 Å². The van der Waals surface area contributed by atoms with Gasteiger partial charge in [-0.1, -0.05) is 15.9 Å². The van der Waals surface area contributed by atoms with Crippen molar-refractivity contribution >= 4 is 38.9 Å². The Morgan fingerprint density at radius 3 is 2.12 bits per heavy atom. The maximum absolute atomic E-state index is 12.9. The van der Waals surface area contributed by atoms with Crippen molar-refractivity contribution in [2.24, 2.45) is 0 Å². The van der Waals surface area contributed by atoms with Gasteiger partial charge < -0.3 is 10.6 Å². The number of aromatic nitrogens is 1. The summed E-state index contributed by atoms with van der Waals surface area (Å²) in [5.41, 5.74) is 2.45. The molecular weight excluding hydrogens is 373 g/mol. The molecule has 0 atom stereocenters. The van der Waals surface area contributed by atoms with E-state index in [9.17, 15) is 9.18 Å². The van der Waals surface area contributed by atoms with Gasteiger partial charge in [0.25, 0.3) is 5.91 Å². The molecule has 0 radical (unpaired) electrons. The molecule has 24 heavy (non-hydrogen) atoms. The predicted octanol–water partition coefficient (Wildman–Crippen LogP) is 4.98. The molecule has 0 saturated heterocycles. The van der Waals surface area contributed by atoms with E-state index in [0.717, 1.165) is 10.2 Å². The fourth-order valence-electron chi connectivity index (χ4n) is 2.03. The van der Waals surface area contributed by atoms with Crippen LogP contribution >= 0.6 is 15.9 Å². The molecule has 0 spiro atoms. The molecule has 6 heteroatoms. The first kappa shape index (κ1) is 16.1. The first-order chi connectivity index (χ1) is 11.6. The van der Waals surface area contributed by atoms with Gasteiger partial charge in [0.15, 0.2) is 0 Å². The molecule has 120 valence electrons. The van der Waals surface area contributed by atoms with Crippen molar-refractivity contribution in [3.63, 3.8) is 0 Å². The summed E-state index contributed by atoms with van der Waals surface area (Å²) in [6.45, 7) is 0. The molecule has 0 unspecified atom stereocenters. The van der Waals surface area contributed by atoms with Crippen molar-refractivity contribution < 1.29 is 9.18 Å². The summed E-state index contributed by atoms with van der Waals surface area (Å²) in [6.07, 6.45) is 1.56. The second-order valence-corrected chi connectivity index (χ2v) is 5.94. The lowest BCUT2D eigenvalue weighted by atomic mass is 10.2. The van der Waals surface area contributed by atoms with Crippen LogP contribution < -0.4 is 10.6 Å². The minimum atomic E-state index is -0.293. The monoisotopic (exact) mass is 385 g/mol. The number of hydrogen-bond donors (Lipinski definition) is 2. The van der Waals surface area contributed by atoms with Gasteiger partial charge in [-0.3, -0.25) is 4.79 Å². The second kappa shape index (κ2) is 7.23. The van der Waals surface area contributed by atoms with E-state index in [1.165, 1.54) is 12.1 Å². The number of carbonyl (C=O) groups excluding carboxylic acids is 1. The van der Waals surface area contributed by atoms with Gasteiger partial charge in [-0.25, -0.2) is 9.37 Å². The molecule has 1 amide bonds. The van der Waals surface area contributed by atoms with Crippen molar-refractivity contribution in [1.82, 2.24) is 4.98 Å². The molecule has 4 nitrogen and oxygen atoms in total. The van der Waals surface area contributed by atoms with Crippen LogP contribution in [-0.4, -0.2) is 10.9 Å². The first-order valence-corrected chi connectivity index (χ1v) is 7.95. The Balaban J connectivity index is 1.66. The second-order valence-electron chi connectivity index (χ2n) is 5.03. The SMILES string of the molecule is O=C(Nc1ccc(Br)cc1)c1ccc(Nc2ccc(F)cc2)cn1. The minimum Gasteiger partial charge on any atom is -0.354 e. The van der Waals surface area contributed by atoms with Crippen molar-refractivity contribution in [2.75, 3.05) is 10.6 Å². The van der Waals surface area contributed by atoms with E-state index in [-0.39, 0.29) is 11.7 Å². The average Bonchev–Trinajstić information content (AvgIpc) is 2.59. The Morgan fingerprint density at radius 2 is 1.50 bits per heavy atom. The van der Waals surface area contributed by atoms with E-state index >= 15 is 0 Å². The standard InChI is InChI=1S/C18H13BrFN3O/c19-12-1-5-15(6-2-12)23-18(24)17-10-9-16(11-21-17)22-14-7-3-13(20)4-8-14/h1-11,22H,(H,23,24).